The SMILES string of the molecule is O=C(Nc1cc[nH]c(=O)c1)c1ccc(C(F)(F)F)cc1Oc1ccccc1OC(F)(F)F. The van der Waals surface area contributed by atoms with Crippen molar-refractivity contribution in [1.82, 2.24) is 4.98 Å². The van der Waals surface area contributed by atoms with Gasteiger partial charge in [-0.25, -0.2) is 0 Å². The zero-order valence-corrected chi connectivity index (χ0v) is 15.7. The molecule has 1 aromatic heterocycles. The van der Waals surface area contributed by atoms with Crippen molar-refractivity contribution in [3.63, 3.8) is 0 Å². The van der Waals surface area contributed by atoms with Crippen molar-refractivity contribution in [3.8, 4) is 17.2 Å². The maximum atomic E-state index is 13.2. The number of hydrogen-bond acceptors (Lipinski definition) is 4. The third-order valence-electron chi connectivity index (χ3n) is 3.88. The van der Waals surface area contributed by atoms with Gasteiger partial charge in [-0.3, -0.25) is 9.59 Å². The highest BCUT2D eigenvalue weighted by atomic mass is 19.4. The van der Waals surface area contributed by atoms with Crippen LogP contribution in [0.2, 0.25) is 0 Å². The predicted molar refractivity (Wildman–Crippen MR) is 99.7 cm³/mol. The summed E-state index contributed by atoms with van der Waals surface area (Å²) in [6, 6.07) is 8.60. The zero-order chi connectivity index (χ0) is 23.5. The van der Waals surface area contributed by atoms with Crippen LogP contribution in [-0.2, 0) is 6.18 Å². The van der Waals surface area contributed by atoms with Crippen molar-refractivity contribution in [1.29, 1.82) is 0 Å². The molecule has 3 aromatic rings. The van der Waals surface area contributed by atoms with Crippen molar-refractivity contribution >= 4 is 11.6 Å². The molecular formula is C20H12F6N2O4. The van der Waals surface area contributed by atoms with E-state index in [0.29, 0.717) is 12.1 Å². The lowest BCUT2D eigenvalue weighted by atomic mass is 10.1. The number of rotatable bonds is 5. The molecule has 12 heteroatoms. The van der Waals surface area contributed by atoms with E-state index in [2.05, 4.69) is 15.0 Å². The Hall–Kier alpha value is -3.96. The van der Waals surface area contributed by atoms with Crippen LogP contribution >= 0.6 is 0 Å². The van der Waals surface area contributed by atoms with Crippen molar-refractivity contribution in [2.45, 2.75) is 12.5 Å². The summed E-state index contributed by atoms with van der Waals surface area (Å²) in [6.45, 7) is 0. The Morgan fingerprint density at radius 2 is 1.56 bits per heavy atom. The van der Waals surface area contributed by atoms with Gasteiger partial charge in [-0.15, -0.1) is 13.2 Å². The molecule has 0 aliphatic rings. The number of pyridine rings is 1. The van der Waals surface area contributed by atoms with Crippen LogP contribution in [0.15, 0.2) is 65.6 Å². The molecule has 0 aliphatic heterocycles. The molecule has 168 valence electrons. The average molecular weight is 458 g/mol. The largest absolute Gasteiger partial charge is 0.573 e. The van der Waals surface area contributed by atoms with Gasteiger partial charge in [0.1, 0.15) is 5.75 Å². The average Bonchev–Trinajstić information content (AvgIpc) is 2.67. The number of aromatic nitrogens is 1. The quantitative estimate of drug-likeness (QED) is 0.506. The van der Waals surface area contributed by atoms with Gasteiger partial charge in [0.2, 0.25) is 5.56 Å². The van der Waals surface area contributed by atoms with Crippen molar-refractivity contribution in [3.05, 3.63) is 82.3 Å². The summed E-state index contributed by atoms with van der Waals surface area (Å²) in [6.07, 6.45) is -8.68. The smallest absolute Gasteiger partial charge is 0.453 e. The molecular weight excluding hydrogens is 446 g/mol. The van der Waals surface area contributed by atoms with Crippen LogP contribution < -0.4 is 20.3 Å². The molecule has 0 saturated carbocycles. The molecule has 6 nitrogen and oxygen atoms in total. The number of nitrogens with one attached hydrogen (secondary N) is 2. The number of ether oxygens (including phenoxy) is 2. The lowest BCUT2D eigenvalue weighted by Crippen LogP contribution is -2.18. The number of para-hydroxylation sites is 2. The second-order valence-corrected chi connectivity index (χ2v) is 6.20. The molecule has 32 heavy (non-hydrogen) atoms. The van der Waals surface area contributed by atoms with E-state index in [0.717, 1.165) is 24.3 Å². The molecule has 3 rings (SSSR count). The predicted octanol–water partition coefficient (Wildman–Crippen LogP) is 5.34. The Morgan fingerprint density at radius 1 is 0.875 bits per heavy atom. The first-order valence-corrected chi connectivity index (χ1v) is 8.66. The lowest BCUT2D eigenvalue weighted by molar-refractivity contribution is -0.275. The highest BCUT2D eigenvalue weighted by Gasteiger charge is 2.34. The minimum Gasteiger partial charge on any atom is -0.453 e. The zero-order valence-electron chi connectivity index (χ0n) is 15.7. The number of hydrogen-bond donors (Lipinski definition) is 2. The van der Waals surface area contributed by atoms with E-state index in [-0.39, 0.29) is 5.69 Å². The van der Waals surface area contributed by atoms with Crippen molar-refractivity contribution in [2.75, 3.05) is 5.32 Å². The maximum Gasteiger partial charge on any atom is 0.573 e. The Labute approximate surface area is 175 Å². The van der Waals surface area contributed by atoms with E-state index >= 15 is 0 Å². The Balaban J connectivity index is 2.02. The number of carbonyl (C=O) groups is 1. The van der Waals surface area contributed by atoms with Crippen LogP contribution in [0.5, 0.6) is 17.2 Å². The summed E-state index contributed by atoms with van der Waals surface area (Å²) >= 11 is 0. The normalized spacial score (nSPS) is 11.7. The van der Waals surface area contributed by atoms with Gasteiger partial charge in [-0.2, -0.15) is 13.2 Å². The fraction of sp³-hybridized carbons (Fsp3) is 0.100. The summed E-state index contributed by atoms with van der Waals surface area (Å²) in [5.41, 5.74) is -2.15. The topological polar surface area (TPSA) is 80.4 Å². The standard InChI is InChI=1S/C20H12F6N2O4/c21-19(22,23)11-5-6-13(18(30)28-12-7-8-27-17(29)10-12)16(9-11)31-14-3-1-2-4-15(14)32-20(24,25)26/h1-10H,(H2,27,28,29,30). The molecule has 2 N–H and O–H groups in total. The van der Waals surface area contributed by atoms with Crippen molar-refractivity contribution in [2.24, 2.45) is 0 Å². The second kappa shape index (κ2) is 8.65. The number of anilines is 1. The first kappa shape index (κ1) is 22.7. The summed E-state index contributed by atoms with van der Waals surface area (Å²) in [5, 5.41) is 2.30. The fourth-order valence-corrected chi connectivity index (χ4v) is 2.55. The minimum atomic E-state index is -5.09. The van der Waals surface area contributed by atoms with Gasteiger partial charge in [0.25, 0.3) is 5.91 Å². The Bertz CT molecular complexity index is 1190. The van der Waals surface area contributed by atoms with E-state index in [9.17, 15) is 35.9 Å². The van der Waals surface area contributed by atoms with Gasteiger partial charge in [0, 0.05) is 18.0 Å². The third kappa shape index (κ3) is 5.80. The highest BCUT2D eigenvalue weighted by Crippen LogP contribution is 2.39. The Morgan fingerprint density at radius 3 is 2.19 bits per heavy atom. The summed E-state index contributed by atoms with van der Waals surface area (Å²) in [5.74, 6) is -3.04. The molecule has 1 heterocycles. The molecule has 0 atom stereocenters. The first-order valence-electron chi connectivity index (χ1n) is 8.66. The fourth-order valence-electron chi connectivity index (χ4n) is 2.55. The van der Waals surface area contributed by atoms with E-state index in [1.165, 1.54) is 24.4 Å². The van der Waals surface area contributed by atoms with Crippen LogP contribution in [0.25, 0.3) is 0 Å². The van der Waals surface area contributed by atoms with Crippen molar-refractivity contribution < 1.29 is 40.6 Å². The Kier molecular flexibility index (Phi) is 6.14. The maximum absolute atomic E-state index is 13.2. The van der Waals surface area contributed by atoms with Gasteiger partial charge in [-0.05, 0) is 36.4 Å². The molecule has 0 spiro atoms. The van der Waals surface area contributed by atoms with Crippen LogP contribution in [0.3, 0.4) is 0 Å². The number of benzene rings is 2. The summed E-state index contributed by atoms with van der Waals surface area (Å²) in [7, 11) is 0. The molecule has 0 aliphatic carbocycles. The van der Waals surface area contributed by atoms with E-state index in [4.69, 9.17) is 4.74 Å². The van der Waals surface area contributed by atoms with Gasteiger partial charge in [0.15, 0.2) is 11.5 Å². The number of alkyl halides is 6. The number of carbonyl (C=O) groups excluding carboxylic acids is 1. The first-order chi connectivity index (χ1) is 14.9. The summed E-state index contributed by atoms with van der Waals surface area (Å²) in [4.78, 5) is 26.3. The molecule has 1 amide bonds. The molecule has 0 saturated heterocycles. The lowest BCUT2D eigenvalue weighted by Gasteiger charge is -2.17. The number of H-pyrrole nitrogens is 1. The molecule has 2 aromatic carbocycles. The number of halogens is 6. The van der Waals surface area contributed by atoms with Crippen LogP contribution in [-0.4, -0.2) is 17.3 Å². The molecule has 0 fully saturated rings. The minimum absolute atomic E-state index is 0.0328. The second-order valence-electron chi connectivity index (χ2n) is 6.20. The van der Waals surface area contributed by atoms with E-state index in [1.807, 2.05) is 0 Å². The van der Waals surface area contributed by atoms with Gasteiger partial charge in [0.05, 0.1) is 11.1 Å². The number of amides is 1. The number of aromatic amines is 1. The van der Waals surface area contributed by atoms with Crippen LogP contribution in [0.1, 0.15) is 15.9 Å². The van der Waals surface area contributed by atoms with Gasteiger partial charge < -0.3 is 19.8 Å². The molecule has 0 unspecified atom stereocenters. The van der Waals surface area contributed by atoms with E-state index < -0.39 is 52.4 Å². The van der Waals surface area contributed by atoms with Crippen LogP contribution in [0.4, 0.5) is 32.0 Å². The molecule has 0 radical (unpaired) electrons. The monoisotopic (exact) mass is 458 g/mol. The van der Waals surface area contributed by atoms with E-state index in [1.54, 1.807) is 0 Å². The molecule has 0 bridgehead atoms. The third-order valence-corrected chi connectivity index (χ3v) is 3.88. The highest BCUT2D eigenvalue weighted by molar-refractivity contribution is 6.06. The van der Waals surface area contributed by atoms with Gasteiger partial charge >= 0.3 is 12.5 Å². The van der Waals surface area contributed by atoms with Crippen LogP contribution in [0, 0.1) is 0 Å². The summed E-state index contributed by atoms with van der Waals surface area (Å²) < 4.78 is 86.5. The van der Waals surface area contributed by atoms with Gasteiger partial charge in [-0.1, -0.05) is 12.1 Å².